The standard InChI is InChI=1S/C8H20OSi/c1-8(6-9-2)7-10(3,4)5/h8H,6-7H2,1-5H3. The number of rotatable bonds is 4. The summed E-state index contributed by atoms with van der Waals surface area (Å²) in [7, 11) is 0.941. The summed E-state index contributed by atoms with van der Waals surface area (Å²) in [5.41, 5.74) is 0. The fraction of sp³-hybridized carbons (Fsp3) is 1.00. The fourth-order valence-corrected chi connectivity index (χ4v) is 3.60. The van der Waals surface area contributed by atoms with Gasteiger partial charge in [0.05, 0.1) is 0 Å². The van der Waals surface area contributed by atoms with Gasteiger partial charge in [0.15, 0.2) is 0 Å². The van der Waals surface area contributed by atoms with Crippen LogP contribution in [0.3, 0.4) is 0 Å². The van der Waals surface area contributed by atoms with Gasteiger partial charge in [0.25, 0.3) is 0 Å². The van der Waals surface area contributed by atoms with Crippen LogP contribution in [0.2, 0.25) is 25.7 Å². The van der Waals surface area contributed by atoms with E-state index in [0.29, 0.717) is 0 Å². The van der Waals surface area contributed by atoms with Crippen molar-refractivity contribution in [1.82, 2.24) is 0 Å². The maximum atomic E-state index is 5.07. The van der Waals surface area contributed by atoms with Crippen LogP contribution in [0.5, 0.6) is 0 Å². The van der Waals surface area contributed by atoms with Gasteiger partial charge in [0.1, 0.15) is 0 Å². The molecule has 0 aromatic carbocycles. The first-order valence-electron chi connectivity index (χ1n) is 3.94. The quantitative estimate of drug-likeness (QED) is 0.574. The second-order valence-electron chi connectivity index (χ2n) is 4.33. The summed E-state index contributed by atoms with van der Waals surface area (Å²) in [5.74, 6) is 0.747. The number of hydrogen-bond donors (Lipinski definition) is 0. The molecule has 1 unspecified atom stereocenters. The second-order valence-corrected chi connectivity index (χ2v) is 9.85. The molecule has 0 aromatic rings. The highest BCUT2D eigenvalue weighted by Crippen LogP contribution is 2.15. The minimum atomic E-state index is -0.838. The Morgan fingerprint density at radius 3 is 2.10 bits per heavy atom. The molecule has 1 nitrogen and oxygen atoms in total. The molecule has 0 saturated carbocycles. The van der Waals surface area contributed by atoms with E-state index >= 15 is 0 Å². The van der Waals surface area contributed by atoms with Gasteiger partial charge in [0.2, 0.25) is 0 Å². The zero-order valence-electron chi connectivity index (χ0n) is 7.90. The first-order chi connectivity index (χ1) is 4.45. The minimum absolute atomic E-state index is 0.747. The maximum Gasteiger partial charge on any atom is 0.0485 e. The van der Waals surface area contributed by atoms with Crippen molar-refractivity contribution in [2.24, 2.45) is 5.92 Å². The van der Waals surface area contributed by atoms with E-state index in [1.54, 1.807) is 7.11 Å². The molecule has 0 heterocycles. The van der Waals surface area contributed by atoms with E-state index < -0.39 is 8.07 Å². The number of hydrogen-bond acceptors (Lipinski definition) is 1. The van der Waals surface area contributed by atoms with Crippen molar-refractivity contribution in [3.05, 3.63) is 0 Å². The molecule has 0 amide bonds. The smallest absolute Gasteiger partial charge is 0.0485 e. The van der Waals surface area contributed by atoms with E-state index in [1.165, 1.54) is 6.04 Å². The second kappa shape index (κ2) is 4.14. The van der Waals surface area contributed by atoms with Crippen LogP contribution in [-0.2, 0) is 4.74 Å². The third-order valence-electron chi connectivity index (χ3n) is 1.41. The van der Waals surface area contributed by atoms with Gasteiger partial charge >= 0.3 is 0 Å². The highest BCUT2D eigenvalue weighted by atomic mass is 28.3. The highest BCUT2D eigenvalue weighted by molar-refractivity contribution is 6.76. The van der Waals surface area contributed by atoms with Crippen molar-refractivity contribution in [2.75, 3.05) is 13.7 Å². The lowest BCUT2D eigenvalue weighted by Crippen LogP contribution is -2.24. The molecule has 0 aromatic heterocycles. The summed E-state index contributed by atoms with van der Waals surface area (Å²) >= 11 is 0. The average Bonchev–Trinajstić information content (AvgIpc) is 1.59. The third kappa shape index (κ3) is 6.30. The first-order valence-corrected chi connectivity index (χ1v) is 7.65. The van der Waals surface area contributed by atoms with Crippen molar-refractivity contribution < 1.29 is 4.74 Å². The molecule has 1 atom stereocenters. The molecule has 0 aliphatic rings. The summed E-state index contributed by atoms with van der Waals surface area (Å²) in [5, 5.41) is 0. The molecule has 0 spiro atoms. The summed E-state index contributed by atoms with van der Waals surface area (Å²) in [6.07, 6.45) is 0. The molecule has 0 saturated heterocycles. The van der Waals surface area contributed by atoms with Crippen LogP contribution in [0.25, 0.3) is 0 Å². The Hall–Kier alpha value is 0.177. The van der Waals surface area contributed by atoms with Gasteiger partial charge in [-0.3, -0.25) is 0 Å². The molecule has 62 valence electrons. The molecule has 10 heavy (non-hydrogen) atoms. The van der Waals surface area contributed by atoms with Gasteiger partial charge in [-0.2, -0.15) is 0 Å². The van der Waals surface area contributed by atoms with Gasteiger partial charge in [-0.05, 0) is 5.92 Å². The maximum absolute atomic E-state index is 5.07. The van der Waals surface area contributed by atoms with Crippen molar-refractivity contribution in [1.29, 1.82) is 0 Å². The topological polar surface area (TPSA) is 9.23 Å². The SMILES string of the molecule is COCC(C)C[Si](C)(C)C. The average molecular weight is 160 g/mol. The Labute approximate surface area is 65.8 Å². The number of methoxy groups -OCH3 is 1. The predicted octanol–water partition coefficient (Wildman–Crippen LogP) is 2.61. The summed E-state index contributed by atoms with van der Waals surface area (Å²) in [4.78, 5) is 0. The Kier molecular flexibility index (Phi) is 4.21. The largest absolute Gasteiger partial charge is 0.384 e. The molecule has 0 rings (SSSR count). The van der Waals surface area contributed by atoms with E-state index in [-0.39, 0.29) is 0 Å². The molecular formula is C8H20OSi. The Morgan fingerprint density at radius 2 is 1.80 bits per heavy atom. The first kappa shape index (κ1) is 10.2. The lowest BCUT2D eigenvalue weighted by atomic mass is 10.2. The van der Waals surface area contributed by atoms with E-state index in [0.717, 1.165) is 12.5 Å². The van der Waals surface area contributed by atoms with Gasteiger partial charge in [-0.15, -0.1) is 0 Å². The van der Waals surface area contributed by atoms with Crippen molar-refractivity contribution in [3.63, 3.8) is 0 Å². The molecule has 0 bridgehead atoms. The Bertz CT molecular complexity index is 85.7. The van der Waals surface area contributed by atoms with Crippen molar-refractivity contribution in [2.45, 2.75) is 32.6 Å². The number of ether oxygens (including phenoxy) is 1. The lowest BCUT2D eigenvalue weighted by molar-refractivity contribution is 0.166. The molecule has 0 aliphatic heterocycles. The molecule has 0 N–H and O–H groups in total. The van der Waals surface area contributed by atoms with E-state index in [1.807, 2.05) is 0 Å². The predicted molar refractivity (Wildman–Crippen MR) is 49.2 cm³/mol. The monoisotopic (exact) mass is 160 g/mol. The van der Waals surface area contributed by atoms with Crippen LogP contribution >= 0.6 is 0 Å². The molecule has 0 aliphatic carbocycles. The van der Waals surface area contributed by atoms with Gasteiger partial charge < -0.3 is 4.74 Å². The lowest BCUT2D eigenvalue weighted by Gasteiger charge is -2.20. The molecule has 0 fully saturated rings. The summed E-state index contributed by atoms with van der Waals surface area (Å²) in [6.45, 7) is 10.4. The van der Waals surface area contributed by atoms with Crippen LogP contribution < -0.4 is 0 Å². The Morgan fingerprint density at radius 1 is 1.30 bits per heavy atom. The van der Waals surface area contributed by atoms with Crippen LogP contribution in [0.4, 0.5) is 0 Å². The van der Waals surface area contributed by atoms with Crippen molar-refractivity contribution in [3.8, 4) is 0 Å². The summed E-state index contributed by atoms with van der Waals surface area (Å²) < 4.78 is 5.07. The van der Waals surface area contributed by atoms with Crippen LogP contribution in [0.15, 0.2) is 0 Å². The van der Waals surface area contributed by atoms with E-state index in [9.17, 15) is 0 Å². The molecule has 0 radical (unpaired) electrons. The van der Waals surface area contributed by atoms with Crippen molar-refractivity contribution >= 4 is 8.07 Å². The van der Waals surface area contributed by atoms with Crippen LogP contribution in [0, 0.1) is 5.92 Å². The van der Waals surface area contributed by atoms with E-state index in [2.05, 4.69) is 26.6 Å². The van der Waals surface area contributed by atoms with Gasteiger partial charge in [-0.25, -0.2) is 0 Å². The Balaban J connectivity index is 3.47. The minimum Gasteiger partial charge on any atom is -0.384 e. The molecular weight excluding hydrogens is 140 g/mol. The normalized spacial score (nSPS) is 15.3. The zero-order chi connectivity index (χ0) is 8.20. The third-order valence-corrected chi connectivity index (χ3v) is 3.33. The van der Waals surface area contributed by atoms with Crippen LogP contribution in [0.1, 0.15) is 6.92 Å². The molecule has 2 heteroatoms. The summed E-state index contributed by atoms with van der Waals surface area (Å²) in [6, 6.07) is 1.38. The van der Waals surface area contributed by atoms with Gasteiger partial charge in [0, 0.05) is 21.8 Å². The van der Waals surface area contributed by atoms with Crippen LogP contribution in [-0.4, -0.2) is 21.8 Å². The highest BCUT2D eigenvalue weighted by Gasteiger charge is 2.16. The fourth-order valence-electron chi connectivity index (χ4n) is 1.39. The van der Waals surface area contributed by atoms with Gasteiger partial charge in [-0.1, -0.05) is 32.6 Å². The van der Waals surface area contributed by atoms with E-state index in [4.69, 9.17) is 4.74 Å². The zero-order valence-corrected chi connectivity index (χ0v) is 8.90.